The summed E-state index contributed by atoms with van der Waals surface area (Å²) in [6.45, 7) is 21.0. The van der Waals surface area contributed by atoms with Gasteiger partial charge in [0, 0.05) is 11.2 Å². The molecule has 2 aromatic carbocycles. The second-order valence-corrected chi connectivity index (χ2v) is 12.4. The zero-order valence-corrected chi connectivity index (χ0v) is 26.3. The highest BCUT2D eigenvalue weighted by Gasteiger charge is 2.45. The number of carbonyl (C=O) groups excluding carboxylic acids is 3. The van der Waals surface area contributed by atoms with Gasteiger partial charge in [0.2, 0.25) is 5.91 Å². The van der Waals surface area contributed by atoms with E-state index >= 15 is 0 Å². The first-order valence-electron chi connectivity index (χ1n) is 14.3. The number of aryl methyl sites for hydroxylation is 3. The van der Waals surface area contributed by atoms with Crippen LogP contribution >= 0.6 is 0 Å². The van der Waals surface area contributed by atoms with Crippen LogP contribution in [0, 0.1) is 26.7 Å². The van der Waals surface area contributed by atoms with E-state index in [0.717, 1.165) is 22.3 Å². The third-order valence-electron chi connectivity index (χ3n) is 7.63. The topological polar surface area (TPSA) is 87.7 Å². The first-order valence-corrected chi connectivity index (χ1v) is 14.3. The Morgan fingerprint density at radius 3 is 1.93 bits per heavy atom. The SMILES string of the molecule is CCC(C)C(NC(=O)OC(C)(C)C)C(=O)N(C(C(=O)Nc1ccccc1C)c1c(C)cccc1C)C(C)(C)CC. The molecule has 3 unspecified atom stereocenters. The van der Waals surface area contributed by atoms with Crippen molar-refractivity contribution in [3.63, 3.8) is 0 Å². The van der Waals surface area contributed by atoms with E-state index in [-0.39, 0.29) is 17.7 Å². The molecule has 0 bridgehead atoms. The lowest BCUT2D eigenvalue weighted by Crippen LogP contribution is -2.60. The summed E-state index contributed by atoms with van der Waals surface area (Å²) >= 11 is 0. The van der Waals surface area contributed by atoms with Crippen molar-refractivity contribution in [2.75, 3.05) is 5.32 Å². The van der Waals surface area contributed by atoms with Gasteiger partial charge in [0.1, 0.15) is 17.7 Å². The minimum Gasteiger partial charge on any atom is -0.444 e. The summed E-state index contributed by atoms with van der Waals surface area (Å²) in [6, 6.07) is 11.6. The van der Waals surface area contributed by atoms with Crippen molar-refractivity contribution in [1.82, 2.24) is 10.2 Å². The summed E-state index contributed by atoms with van der Waals surface area (Å²) in [5.41, 5.74) is 2.78. The summed E-state index contributed by atoms with van der Waals surface area (Å²) in [5, 5.41) is 5.95. The Bertz CT molecular complexity index is 1180. The molecule has 0 spiro atoms. The number of ether oxygens (including phenoxy) is 1. The number of alkyl carbamates (subject to hydrolysis) is 1. The van der Waals surface area contributed by atoms with Gasteiger partial charge in [0.25, 0.3) is 5.91 Å². The van der Waals surface area contributed by atoms with Crippen LogP contribution in [0.5, 0.6) is 0 Å². The molecule has 0 aliphatic carbocycles. The van der Waals surface area contributed by atoms with E-state index in [4.69, 9.17) is 4.74 Å². The summed E-state index contributed by atoms with van der Waals surface area (Å²) in [6.07, 6.45) is 0.585. The van der Waals surface area contributed by atoms with Gasteiger partial charge in [-0.05, 0) is 96.0 Å². The van der Waals surface area contributed by atoms with E-state index in [1.54, 1.807) is 25.7 Å². The largest absolute Gasteiger partial charge is 0.444 e. The van der Waals surface area contributed by atoms with Gasteiger partial charge in [-0.2, -0.15) is 0 Å². The van der Waals surface area contributed by atoms with Crippen LogP contribution in [0.15, 0.2) is 42.5 Å². The van der Waals surface area contributed by atoms with Gasteiger partial charge < -0.3 is 20.3 Å². The van der Waals surface area contributed by atoms with Crippen LogP contribution in [-0.2, 0) is 14.3 Å². The third-order valence-corrected chi connectivity index (χ3v) is 7.63. The molecular formula is C33H49N3O4. The second kappa shape index (κ2) is 13.3. The van der Waals surface area contributed by atoms with E-state index in [0.29, 0.717) is 18.5 Å². The first-order chi connectivity index (χ1) is 18.5. The van der Waals surface area contributed by atoms with Crippen molar-refractivity contribution < 1.29 is 19.1 Å². The Morgan fingerprint density at radius 2 is 1.43 bits per heavy atom. The molecule has 0 heterocycles. The van der Waals surface area contributed by atoms with Crippen LogP contribution in [0.1, 0.15) is 96.5 Å². The number of hydrogen-bond donors (Lipinski definition) is 2. The number of carbonyl (C=O) groups is 3. The average Bonchev–Trinajstić information content (AvgIpc) is 2.86. The Morgan fingerprint density at radius 1 is 0.875 bits per heavy atom. The number of hydrogen-bond acceptors (Lipinski definition) is 4. The van der Waals surface area contributed by atoms with E-state index in [9.17, 15) is 14.4 Å². The summed E-state index contributed by atoms with van der Waals surface area (Å²) in [4.78, 5) is 43.6. The molecule has 0 fully saturated rings. The predicted octanol–water partition coefficient (Wildman–Crippen LogP) is 7.25. The van der Waals surface area contributed by atoms with E-state index in [1.807, 2.05) is 97.9 Å². The highest BCUT2D eigenvalue weighted by atomic mass is 16.6. The molecule has 0 aliphatic rings. The third kappa shape index (κ3) is 8.09. The van der Waals surface area contributed by atoms with E-state index < -0.39 is 29.3 Å². The quantitative estimate of drug-likeness (QED) is 0.326. The number of para-hydroxylation sites is 1. The van der Waals surface area contributed by atoms with Gasteiger partial charge in [-0.15, -0.1) is 0 Å². The predicted molar refractivity (Wildman–Crippen MR) is 162 cm³/mol. The van der Waals surface area contributed by atoms with E-state index in [2.05, 4.69) is 10.6 Å². The lowest BCUT2D eigenvalue weighted by Gasteiger charge is -2.46. The second-order valence-electron chi connectivity index (χ2n) is 12.4. The molecule has 0 aromatic heterocycles. The first kappa shape index (κ1) is 32.9. The maximum atomic E-state index is 14.7. The fraction of sp³-hybridized carbons (Fsp3) is 0.545. The van der Waals surface area contributed by atoms with Gasteiger partial charge in [0.05, 0.1) is 0 Å². The molecule has 0 aliphatic heterocycles. The zero-order chi connectivity index (χ0) is 30.4. The minimum atomic E-state index is -0.935. The number of amides is 3. The number of nitrogens with zero attached hydrogens (tertiary/aromatic N) is 1. The lowest BCUT2D eigenvalue weighted by atomic mass is 9.87. The Balaban J connectivity index is 2.75. The van der Waals surface area contributed by atoms with Crippen LogP contribution < -0.4 is 10.6 Å². The van der Waals surface area contributed by atoms with Gasteiger partial charge in [-0.1, -0.05) is 63.6 Å². The van der Waals surface area contributed by atoms with Gasteiger partial charge in [-0.3, -0.25) is 9.59 Å². The van der Waals surface area contributed by atoms with Gasteiger partial charge in [-0.25, -0.2) is 4.79 Å². The van der Waals surface area contributed by atoms with Gasteiger partial charge in [0.15, 0.2) is 0 Å². The molecule has 2 N–H and O–H groups in total. The lowest BCUT2D eigenvalue weighted by molar-refractivity contribution is -0.148. The molecule has 40 heavy (non-hydrogen) atoms. The summed E-state index contributed by atoms with van der Waals surface area (Å²) < 4.78 is 5.53. The summed E-state index contributed by atoms with van der Waals surface area (Å²) in [5.74, 6) is -0.824. The standard InChI is InChI=1S/C33H49N3O4/c1-12-21(3)27(35-31(39)40-32(7,8)9)30(38)36(33(10,11)13-2)28(26-23(5)18-16-19-24(26)6)29(37)34-25-20-15-14-17-22(25)4/h14-21,27-28H,12-13H2,1-11H3,(H,34,37)(H,35,39). The van der Waals surface area contributed by atoms with Crippen molar-refractivity contribution in [2.24, 2.45) is 5.92 Å². The molecule has 0 radical (unpaired) electrons. The van der Waals surface area contributed by atoms with Crippen LogP contribution in [0.4, 0.5) is 10.5 Å². The van der Waals surface area contributed by atoms with Crippen LogP contribution in [0.25, 0.3) is 0 Å². The van der Waals surface area contributed by atoms with Gasteiger partial charge >= 0.3 is 6.09 Å². The highest BCUT2D eigenvalue weighted by Crippen LogP contribution is 2.36. The maximum Gasteiger partial charge on any atom is 0.408 e. The minimum absolute atomic E-state index is 0.201. The normalized spacial score (nSPS) is 14.1. The molecule has 7 nitrogen and oxygen atoms in total. The summed E-state index contributed by atoms with van der Waals surface area (Å²) in [7, 11) is 0. The molecule has 2 aromatic rings. The fourth-order valence-electron chi connectivity index (χ4n) is 4.76. The Hall–Kier alpha value is -3.35. The van der Waals surface area contributed by atoms with Crippen LogP contribution in [0.3, 0.4) is 0 Å². The molecule has 220 valence electrons. The van der Waals surface area contributed by atoms with Crippen LogP contribution in [0.2, 0.25) is 0 Å². The number of anilines is 1. The molecule has 0 saturated carbocycles. The number of rotatable bonds is 10. The highest BCUT2D eigenvalue weighted by molar-refractivity contribution is 6.00. The maximum absolute atomic E-state index is 14.7. The number of benzene rings is 2. The molecular weight excluding hydrogens is 502 g/mol. The molecule has 2 rings (SSSR count). The number of nitrogens with one attached hydrogen (secondary N) is 2. The zero-order valence-electron chi connectivity index (χ0n) is 26.3. The molecule has 7 heteroatoms. The van der Waals surface area contributed by atoms with Crippen molar-refractivity contribution in [3.05, 3.63) is 64.7 Å². The molecule has 3 amide bonds. The van der Waals surface area contributed by atoms with Crippen molar-refractivity contribution in [2.45, 2.75) is 112 Å². The average molecular weight is 552 g/mol. The molecule has 3 atom stereocenters. The molecule has 0 saturated heterocycles. The van der Waals surface area contributed by atoms with E-state index in [1.165, 1.54) is 0 Å². The Kier molecular flexibility index (Phi) is 11.0. The van der Waals surface area contributed by atoms with Crippen molar-refractivity contribution >= 4 is 23.6 Å². The Labute approximate surface area is 241 Å². The fourth-order valence-corrected chi connectivity index (χ4v) is 4.76. The van der Waals surface area contributed by atoms with Crippen LogP contribution in [-0.4, -0.2) is 40.0 Å². The monoisotopic (exact) mass is 551 g/mol. The van der Waals surface area contributed by atoms with Crippen molar-refractivity contribution in [3.8, 4) is 0 Å². The van der Waals surface area contributed by atoms with Crippen molar-refractivity contribution in [1.29, 1.82) is 0 Å². The smallest absolute Gasteiger partial charge is 0.408 e.